The van der Waals surface area contributed by atoms with Crippen molar-refractivity contribution in [2.75, 3.05) is 6.61 Å². The molecule has 0 aliphatic heterocycles. The Morgan fingerprint density at radius 2 is 0.733 bits per heavy atom. The largest absolute Gasteiger partial charge is 0.394 e. The third-order valence-electron chi connectivity index (χ3n) is 12.0. The second kappa shape index (κ2) is 51.4. The molecule has 0 aliphatic rings. The molecule has 0 fully saturated rings. The van der Waals surface area contributed by atoms with Crippen LogP contribution in [-0.4, -0.2) is 34.9 Å². The minimum absolute atomic E-state index is 0.0307. The second-order valence-corrected chi connectivity index (χ2v) is 17.9. The molecule has 1 amide bonds. The normalized spacial score (nSPS) is 13.3. The van der Waals surface area contributed by atoms with Crippen molar-refractivity contribution < 1.29 is 15.0 Å². The molecule has 3 N–H and O–H groups in total. The minimum atomic E-state index is -0.661. The van der Waals surface area contributed by atoms with E-state index in [1.54, 1.807) is 0 Å². The van der Waals surface area contributed by atoms with Crippen LogP contribution in [-0.2, 0) is 4.79 Å². The summed E-state index contributed by atoms with van der Waals surface area (Å²) in [6, 6.07) is -0.538. The van der Waals surface area contributed by atoms with Crippen LogP contribution < -0.4 is 5.32 Å². The molecule has 2 unspecified atom stereocenters. The van der Waals surface area contributed by atoms with Gasteiger partial charge in [0.25, 0.3) is 0 Å². The average molecular weight is 838 g/mol. The van der Waals surface area contributed by atoms with Gasteiger partial charge in [-0.05, 0) is 57.8 Å². The number of nitrogens with one attached hydrogen (secondary N) is 1. The Kier molecular flexibility index (Phi) is 49.8. The van der Waals surface area contributed by atoms with Crippen molar-refractivity contribution in [3.05, 3.63) is 60.8 Å². The Hall–Kier alpha value is -1.91. The summed E-state index contributed by atoms with van der Waals surface area (Å²) in [5, 5.41) is 23.3. The Morgan fingerprint density at radius 3 is 1.10 bits per heavy atom. The number of aliphatic hydroxyl groups excluding tert-OH is 2. The number of carbonyl (C=O) groups is 1. The van der Waals surface area contributed by atoms with Gasteiger partial charge in [-0.1, -0.05) is 267 Å². The molecule has 0 aliphatic carbocycles. The molecule has 0 aromatic rings. The summed E-state index contributed by atoms with van der Waals surface area (Å²) >= 11 is 0. The Balaban J connectivity index is 3.47. The maximum absolute atomic E-state index is 12.5. The summed E-state index contributed by atoms with van der Waals surface area (Å²) in [6.45, 7) is 4.26. The van der Waals surface area contributed by atoms with Gasteiger partial charge < -0.3 is 15.5 Å². The van der Waals surface area contributed by atoms with Crippen LogP contribution in [0, 0.1) is 0 Å². The summed E-state index contributed by atoms with van der Waals surface area (Å²) in [7, 11) is 0. The predicted molar refractivity (Wildman–Crippen MR) is 267 cm³/mol. The van der Waals surface area contributed by atoms with Crippen LogP contribution in [0.15, 0.2) is 60.8 Å². The van der Waals surface area contributed by atoms with E-state index < -0.39 is 12.1 Å². The standard InChI is InChI=1S/C56H103NO3/c1-3-5-7-9-11-13-15-17-19-21-22-23-24-25-26-27-28-29-30-31-32-33-34-36-38-40-42-44-46-48-50-52-56(60)57-54(53-58)55(59)51-49-47-45-43-41-39-37-35-20-18-16-14-12-10-8-6-4-2/h5,7,11,13,17,19,22-23,25-26,54-55,58-59H,3-4,6,8-10,12,14-16,18,20-21,24,27-53H2,1-2H3,(H,57,60)/b7-5-,13-11-,19-17-,23-22-,26-25-. The quantitative estimate of drug-likeness (QED) is 0.0422. The van der Waals surface area contributed by atoms with E-state index in [0.29, 0.717) is 12.8 Å². The van der Waals surface area contributed by atoms with E-state index >= 15 is 0 Å². The first-order chi connectivity index (χ1) is 29.7. The zero-order valence-corrected chi connectivity index (χ0v) is 40.2. The highest BCUT2D eigenvalue weighted by Gasteiger charge is 2.20. The number of rotatable bonds is 48. The van der Waals surface area contributed by atoms with Gasteiger partial charge in [-0.15, -0.1) is 0 Å². The number of allylic oxidation sites excluding steroid dienone is 10. The Labute approximate surface area is 375 Å². The van der Waals surface area contributed by atoms with Crippen molar-refractivity contribution in [3.8, 4) is 0 Å². The third-order valence-corrected chi connectivity index (χ3v) is 12.0. The van der Waals surface area contributed by atoms with Crippen LogP contribution in [0.25, 0.3) is 0 Å². The summed E-state index contributed by atoms with van der Waals surface area (Å²) in [4.78, 5) is 12.5. The van der Waals surface area contributed by atoms with Gasteiger partial charge in [0.1, 0.15) is 0 Å². The van der Waals surface area contributed by atoms with Gasteiger partial charge in [0, 0.05) is 6.42 Å². The number of amides is 1. The predicted octanol–water partition coefficient (Wildman–Crippen LogP) is 17.2. The molecule has 4 heteroatoms. The van der Waals surface area contributed by atoms with E-state index in [1.807, 2.05) is 0 Å². The summed E-state index contributed by atoms with van der Waals surface area (Å²) < 4.78 is 0. The fourth-order valence-corrected chi connectivity index (χ4v) is 8.04. The minimum Gasteiger partial charge on any atom is -0.394 e. The number of hydrogen-bond acceptors (Lipinski definition) is 3. The Morgan fingerprint density at radius 1 is 0.417 bits per heavy atom. The molecule has 0 saturated carbocycles. The van der Waals surface area contributed by atoms with E-state index in [1.165, 1.54) is 186 Å². The van der Waals surface area contributed by atoms with Crippen LogP contribution in [0.2, 0.25) is 0 Å². The number of unbranched alkanes of at least 4 members (excludes halogenated alkanes) is 31. The van der Waals surface area contributed by atoms with Gasteiger partial charge in [-0.25, -0.2) is 0 Å². The van der Waals surface area contributed by atoms with Gasteiger partial charge in [0.05, 0.1) is 18.8 Å². The number of carbonyl (C=O) groups excluding carboxylic acids is 1. The fraction of sp³-hybridized carbons (Fsp3) is 0.804. The molecule has 0 radical (unpaired) electrons. The molecule has 0 heterocycles. The molecular formula is C56H103NO3. The lowest BCUT2D eigenvalue weighted by molar-refractivity contribution is -0.123. The van der Waals surface area contributed by atoms with Gasteiger partial charge >= 0.3 is 0 Å². The molecule has 0 saturated heterocycles. The maximum Gasteiger partial charge on any atom is 0.220 e. The second-order valence-electron chi connectivity index (χ2n) is 17.9. The van der Waals surface area contributed by atoms with Crippen LogP contribution in [0.1, 0.15) is 271 Å². The maximum atomic E-state index is 12.5. The average Bonchev–Trinajstić information content (AvgIpc) is 3.25. The SMILES string of the molecule is CC/C=C\C/C=C\C/C=C\C/C=C\C/C=C\CCCCCCCCCCCCCCCCCC(=O)NC(CO)C(O)CCCCCCCCCCCCCCCCCCC. The monoisotopic (exact) mass is 838 g/mol. The summed E-state index contributed by atoms with van der Waals surface area (Å²) in [5.41, 5.74) is 0. The van der Waals surface area contributed by atoms with Gasteiger partial charge in [0.15, 0.2) is 0 Å². The highest BCUT2D eigenvalue weighted by atomic mass is 16.3. The van der Waals surface area contributed by atoms with E-state index in [0.717, 1.165) is 57.8 Å². The highest BCUT2D eigenvalue weighted by molar-refractivity contribution is 5.76. The summed E-state index contributed by atoms with van der Waals surface area (Å²) in [6.07, 6.45) is 71.9. The molecule has 0 rings (SSSR count). The van der Waals surface area contributed by atoms with Crippen molar-refractivity contribution in [2.45, 2.75) is 283 Å². The molecule has 0 aromatic carbocycles. The van der Waals surface area contributed by atoms with Crippen LogP contribution in [0.5, 0.6) is 0 Å². The smallest absolute Gasteiger partial charge is 0.220 e. The summed E-state index contributed by atoms with van der Waals surface area (Å²) in [5.74, 6) is -0.0307. The molecule has 0 aromatic heterocycles. The van der Waals surface area contributed by atoms with Gasteiger partial charge in [-0.3, -0.25) is 4.79 Å². The molecule has 0 spiro atoms. The first-order valence-electron chi connectivity index (χ1n) is 26.5. The van der Waals surface area contributed by atoms with E-state index in [2.05, 4.69) is 79.9 Å². The fourth-order valence-electron chi connectivity index (χ4n) is 8.04. The lowest BCUT2D eigenvalue weighted by atomic mass is 10.0. The van der Waals surface area contributed by atoms with Crippen LogP contribution >= 0.6 is 0 Å². The molecule has 2 atom stereocenters. The van der Waals surface area contributed by atoms with Gasteiger partial charge in [0.2, 0.25) is 5.91 Å². The van der Waals surface area contributed by atoms with Crippen molar-refractivity contribution in [1.82, 2.24) is 5.32 Å². The van der Waals surface area contributed by atoms with Crippen molar-refractivity contribution in [2.24, 2.45) is 0 Å². The van der Waals surface area contributed by atoms with Crippen LogP contribution in [0.3, 0.4) is 0 Å². The molecular weight excluding hydrogens is 735 g/mol. The van der Waals surface area contributed by atoms with E-state index in [4.69, 9.17) is 0 Å². The van der Waals surface area contributed by atoms with Crippen molar-refractivity contribution in [1.29, 1.82) is 0 Å². The first kappa shape index (κ1) is 58.1. The van der Waals surface area contributed by atoms with Gasteiger partial charge in [-0.2, -0.15) is 0 Å². The third kappa shape index (κ3) is 47.1. The van der Waals surface area contributed by atoms with Crippen LogP contribution in [0.4, 0.5) is 0 Å². The zero-order chi connectivity index (χ0) is 43.5. The topological polar surface area (TPSA) is 69.6 Å². The molecule has 4 nitrogen and oxygen atoms in total. The van der Waals surface area contributed by atoms with E-state index in [-0.39, 0.29) is 12.5 Å². The number of hydrogen-bond donors (Lipinski definition) is 3. The zero-order valence-electron chi connectivity index (χ0n) is 40.2. The number of aliphatic hydroxyl groups is 2. The van der Waals surface area contributed by atoms with Crippen molar-refractivity contribution >= 4 is 5.91 Å². The molecule has 0 bridgehead atoms. The first-order valence-corrected chi connectivity index (χ1v) is 26.5. The van der Waals surface area contributed by atoms with Crippen molar-refractivity contribution in [3.63, 3.8) is 0 Å². The lowest BCUT2D eigenvalue weighted by Crippen LogP contribution is -2.45. The lowest BCUT2D eigenvalue weighted by Gasteiger charge is -2.22. The molecule has 350 valence electrons. The highest BCUT2D eigenvalue weighted by Crippen LogP contribution is 2.17. The van der Waals surface area contributed by atoms with E-state index in [9.17, 15) is 15.0 Å². The molecule has 60 heavy (non-hydrogen) atoms. The Bertz CT molecular complexity index is 996.